The van der Waals surface area contributed by atoms with Gasteiger partial charge in [-0.1, -0.05) is 23.7 Å². The van der Waals surface area contributed by atoms with E-state index in [0.717, 1.165) is 0 Å². The van der Waals surface area contributed by atoms with Gasteiger partial charge in [-0.3, -0.25) is 0 Å². The van der Waals surface area contributed by atoms with Gasteiger partial charge in [-0.15, -0.1) is 0 Å². The van der Waals surface area contributed by atoms with Crippen LogP contribution in [0.3, 0.4) is 0 Å². The molecule has 2 aromatic heterocycles. The molecule has 0 spiro atoms. The lowest BCUT2D eigenvalue weighted by Crippen LogP contribution is -1.98. The Labute approximate surface area is 119 Å². The fraction of sp³-hybridized carbons (Fsp3) is 0.143. The lowest BCUT2D eigenvalue weighted by atomic mass is 10.2. The lowest BCUT2D eigenvalue weighted by molar-refractivity contribution is 0.178. The zero-order valence-corrected chi connectivity index (χ0v) is 11.3. The van der Waals surface area contributed by atoms with E-state index in [9.17, 15) is 4.39 Å². The predicted octanol–water partition coefficient (Wildman–Crippen LogP) is 3.83. The summed E-state index contributed by atoms with van der Waals surface area (Å²) in [4.78, 5) is 8.32. The molecule has 0 aliphatic rings. The van der Waals surface area contributed by atoms with Crippen LogP contribution in [-0.4, -0.2) is 17.1 Å². The third kappa shape index (κ3) is 2.37. The third-order valence-corrected chi connectivity index (χ3v) is 2.96. The van der Waals surface area contributed by atoms with Gasteiger partial charge in [0.25, 0.3) is 0 Å². The highest BCUT2D eigenvalue weighted by Crippen LogP contribution is 2.29. The second kappa shape index (κ2) is 5.19. The van der Waals surface area contributed by atoms with Gasteiger partial charge in [0, 0.05) is 18.6 Å². The standard InChI is InChI=1S/C14H10ClFN2O2/c1-19-7-13-17-10(6-12(15)18-13)11-5-8-3-2-4-9(16)14(8)20-11/h2-6H,7H2,1H3. The summed E-state index contributed by atoms with van der Waals surface area (Å²) in [5.74, 6) is 0.466. The maximum absolute atomic E-state index is 13.6. The van der Waals surface area contributed by atoms with Gasteiger partial charge in [-0.2, -0.15) is 0 Å². The molecule has 4 nitrogen and oxygen atoms in total. The van der Waals surface area contributed by atoms with E-state index in [2.05, 4.69) is 9.97 Å². The lowest BCUT2D eigenvalue weighted by Gasteiger charge is -2.02. The van der Waals surface area contributed by atoms with Gasteiger partial charge in [-0.25, -0.2) is 14.4 Å². The zero-order chi connectivity index (χ0) is 14.1. The summed E-state index contributed by atoms with van der Waals surface area (Å²) >= 11 is 5.94. The Bertz CT molecular complexity index is 773. The minimum absolute atomic E-state index is 0.200. The van der Waals surface area contributed by atoms with E-state index in [1.54, 1.807) is 31.4 Å². The molecule has 0 N–H and O–H groups in total. The Morgan fingerprint density at radius 1 is 1.30 bits per heavy atom. The van der Waals surface area contributed by atoms with Crippen molar-refractivity contribution in [3.63, 3.8) is 0 Å². The third-order valence-electron chi connectivity index (χ3n) is 2.76. The van der Waals surface area contributed by atoms with Crippen molar-refractivity contribution >= 4 is 22.6 Å². The number of methoxy groups -OCH3 is 1. The van der Waals surface area contributed by atoms with Gasteiger partial charge in [0.15, 0.2) is 23.0 Å². The second-order valence-electron chi connectivity index (χ2n) is 4.19. The normalized spacial score (nSPS) is 11.2. The smallest absolute Gasteiger partial charge is 0.170 e. The molecule has 0 unspecified atom stereocenters. The van der Waals surface area contributed by atoms with Crippen LogP contribution >= 0.6 is 11.6 Å². The van der Waals surface area contributed by atoms with Crippen molar-refractivity contribution < 1.29 is 13.5 Å². The quantitative estimate of drug-likeness (QED) is 0.688. The molecular formula is C14H10ClFN2O2. The van der Waals surface area contributed by atoms with Crippen LogP contribution in [0.4, 0.5) is 4.39 Å². The summed E-state index contributed by atoms with van der Waals surface area (Å²) in [7, 11) is 1.54. The maximum atomic E-state index is 13.6. The van der Waals surface area contributed by atoms with Gasteiger partial charge >= 0.3 is 0 Å². The van der Waals surface area contributed by atoms with E-state index in [0.29, 0.717) is 22.7 Å². The largest absolute Gasteiger partial charge is 0.451 e. The molecule has 0 aliphatic carbocycles. The summed E-state index contributed by atoms with van der Waals surface area (Å²) in [5.41, 5.74) is 0.693. The highest BCUT2D eigenvalue weighted by Gasteiger charge is 2.12. The Balaban J connectivity index is 2.12. The van der Waals surface area contributed by atoms with E-state index in [1.165, 1.54) is 6.07 Å². The number of hydrogen-bond donors (Lipinski definition) is 0. The van der Waals surface area contributed by atoms with Gasteiger partial charge in [0.2, 0.25) is 0 Å². The van der Waals surface area contributed by atoms with E-state index in [1.807, 2.05) is 0 Å². The topological polar surface area (TPSA) is 48.2 Å². The number of fused-ring (bicyclic) bond motifs is 1. The molecule has 2 heterocycles. The summed E-state index contributed by atoms with van der Waals surface area (Å²) in [5, 5.41) is 0.950. The van der Waals surface area contributed by atoms with Crippen molar-refractivity contribution in [1.82, 2.24) is 9.97 Å². The van der Waals surface area contributed by atoms with Crippen molar-refractivity contribution in [3.8, 4) is 11.5 Å². The second-order valence-corrected chi connectivity index (χ2v) is 4.58. The number of aromatic nitrogens is 2. The summed E-state index contributed by atoms with van der Waals surface area (Å²) in [6, 6.07) is 8.02. The highest BCUT2D eigenvalue weighted by molar-refractivity contribution is 6.29. The SMILES string of the molecule is COCc1nc(Cl)cc(-c2cc3cccc(F)c3o2)n1. The van der Waals surface area contributed by atoms with E-state index >= 15 is 0 Å². The molecule has 0 aliphatic heterocycles. The predicted molar refractivity (Wildman–Crippen MR) is 72.9 cm³/mol. The van der Waals surface area contributed by atoms with Crippen LogP contribution < -0.4 is 0 Å². The van der Waals surface area contributed by atoms with Gasteiger partial charge in [0.1, 0.15) is 17.5 Å². The average molecular weight is 293 g/mol. The average Bonchev–Trinajstić information content (AvgIpc) is 2.84. The molecule has 6 heteroatoms. The van der Waals surface area contributed by atoms with Crippen LogP contribution in [0, 0.1) is 5.82 Å². The molecule has 102 valence electrons. The van der Waals surface area contributed by atoms with E-state index in [-0.39, 0.29) is 17.3 Å². The van der Waals surface area contributed by atoms with Crippen LogP contribution in [0.15, 0.2) is 34.7 Å². The monoisotopic (exact) mass is 292 g/mol. The first kappa shape index (κ1) is 13.0. The van der Waals surface area contributed by atoms with Gasteiger partial charge in [0.05, 0.1) is 0 Å². The number of ether oxygens (including phenoxy) is 1. The fourth-order valence-electron chi connectivity index (χ4n) is 1.94. The minimum atomic E-state index is -0.411. The summed E-state index contributed by atoms with van der Waals surface area (Å²) in [6.07, 6.45) is 0. The molecule has 0 atom stereocenters. The fourth-order valence-corrected chi connectivity index (χ4v) is 2.14. The van der Waals surface area contributed by atoms with Crippen LogP contribution in [0.25, 0.3) is 22.4 Å². The zero-order valence-electron chi connectivity index (χ0n) is 10.6. The Hall–Kier alpha value is -1.98. The first-order valence-electron chi connectivity index (χ1n) is 5.88. The van der Waals surface area contributed by atoms with Crippen molar-refractivity contribution in [1.29, 1.82) is 0 Å². The first-order chi connectivity index (χ1) is 9.67. The number of rotatable bonds is 3. The molecule has 0 fully saturated rings. The number of furan rings is 1. The molecule has 0 saturated carbocycles. The van der Waals surface area contributed by atoms with Gasteiger partial charge < -0.3 is 9.15 Å². The molecule has 0 bridgehead atoms. The van der Waals surface area contributed by atoms with Crippen LogP contribution in [0.1, 0.15) is 5.82 Å². The summed E-state index contributed by atoms with van der Waals surface area (Å²) in [6.45, 7) is 0.238. The van der Waals surface area contributed by atoms with E-state index < -0.39 is 5.82 Å². The Morgan fingerprint density at radius 3 is 2.90 bits per heavy atom. The molecule has 3 aromatic rings. The Morgan fingerprint density at radius 2 is 2.15 bits per heavy atom. The molecule has 1 aromatic carbocycles. The Kier molecular flexibility index (Phi) is 3.38. The number of para-hydroxylation sites is 1. The number of halogens is 2. The first-order valence-corrected chi connectivity index (χ1v) is 6.26. The van der Waals surface area contributed by atoms with Crippen molar-refractivity contribution in [2.75, 3.05) is 7.11 Å². The molecule has 0 radical (unpaired) electrons. The minimum Gasteiger partial charge on any atom is -0.451 e. The van der Waals surface area contributed by atoms with Crippen LogP contribution in [-0.2, 0) is 11.3 Å². The van der Waals surface area contributed by atoms with Gasteiger partial charge in [-0.05, 0) is 12.1 Å². The number of benzene rings is 1. The van der Waals surface area contributed by atoms with Crippen LogP contribution in [0.5, 0.6) is 0 Å². The molecule has 0 amide bonds. The maximum Gasteiger partial charge on any atom is 0.170 e. The van der Waals surface area contributed by atoms with Crippen LogP contribution in [0.2, 0.25) is 5.15 Å². The molecule has 3 rings (SSSR count). The molecular weight excluding hydrogens is 283 g/mol. The number of nitrogens with zero attached hydrogens (tertiary/aromatic N) is 2. The van der Waals surface area contributed by atoms with Crippen molar-refractivity contribution in [3.05, 3.63) is 47.1 Å². The van der Waals surface area contributed by atoms with E-state index in [4.69, 9.17) is 20.8 Å². The molecule has 0 saturated heterocycles. The highest BCUT2D eigenvalue weighted by atomic mass is 35.5. The number of hydrogen-bond acceptors (Lipinski definition) is 4. The van der Waals surface area contributed by atoms with Crippen molar-refractivity contribution in [2.45, 2.75) is 6.61 Å². The summed E-state index contributed by atoms with van der Waals surface area (Å²) < 4.78 is 24.1. The molecule has 20 heavy (non-hydrogen) atoms. The van der Waals surface area contributed by atoms with Crippen molar-refractivity contribution in [2.24, 2.45) is 0 Å².